The van der Waals surface area contributed by atoms with Gasteiger partial charge in [-0.2, -0.15) is 0 Å². The van der Waals surface area contributed by atoms with E-state index in [2.05, 4.69) is 15.7 Å². The summed E-state index contributed by atoms with van der Waals surface area (Å²) in [5.41, 5.74) is 6.74. The molecule has 0 radical (unpaired) electrons. The molecule has 0 aliphatic carbocycles. The fourth-order valence-electron chi connectivity index (χ4n) is 1.59. The van der Waals surface area contributed by atoms with Gasteiger partial charge in [-0.15, -0.1) is 11.3 Å². The second-order valence-corrected chi connectivity index (χ2v) is 4.04. The summed E-state index contributed by atoms with van der Waals surface area (Å²) in [5, 5.41) is 6.13. The monoisotopic (exact) mass is 183 g/mol. The largest absolute Gasteiger partial charge is 0.375 e. The smallest absolute Gasteiger partial charge is 0.180 e. The normalized spacial score (nSPS) is 24.2. The van der Waals surface area contributed by atoms with Crippen LogP contribution in [0.2, 0.25) is 0 Å². The van der Waals surface area contributed by atoms with Crippen LogP contribution in [-0.2, 0) is 0 Å². The van der Waals surface area contributed by atoms with Gasteiger partial charge in [0.2, 0.25) is 0 Å². The first-order valence-electron chi connectivity index (χ1n) is 4.28. The van der Waals surface area contributed by atoms with Crippen LogP contribution in [0.4, 0.5) is 5.13 Å². The molecular formula is C8H13N3S. The van der Waals surface area contributed by atoms with E-state index in [-0.39, 0.29) is 0 Å². The van der Waals surface area contributed by atoms with E-state index in [9.17, 15) is 0 Å². The molecule has 2 rings (SSSR count). The van der Waals surface area contributed by atoms with Gasteiger partial charge in [0.15, 0.2) is 5.13 Å². The van der Waals surface area contributed by atoms with E-state index in [4.69, 9.17) is 5.73 Å². The summed E-state index contributed by atoms with van der Waals surface area (Å²) in [6.07, 6.45) is 2.50. The number of nitrogen functional groups attached to an aromatic ring is 1. The van der Waals surface area contributed by atoms with Crippen LogP contribution in [0.15, 0.2) is 5.38 Å². The number of nitrogens with zero attached hydrogens (tertiary/aromatic N) is 1. The summed E-state index contributed by atoms with van der Waals surface area (Å²) in [6.45, 7) is 2.21. The molecule has 0 spiro atoms. The number of nitrogens with two attached hydrogens (primary N) is 1. The molecule has 3 nitrogen and oxygen atoms in total. The molecule has 1 unspecified atom stereocenters. The van der Waals surface area contributed by atoms with Gasteiger partial charge in [0, 0.05) is 17.8 Å². The lowest BCUT2D eigenvalue weighted by atomic mass is 9.97. The fourth-order valence-corrected chi connectivity index (χ4v) is 2.24. The summed E-state index contributed by atoms with van der Waals surface area (Å²) in [6, 6.07) is 0. The Morgan fingerprint density at radius 1 is 1.67 bits per heavy atom. The summed E-state index contributed by atoms with van der Waals surface area (Å²) in [5.74, 6) is 0.590. The molecule has 1 aliphatic heterocycles. The van der Waals surface area contributed by atoms with Crippen LogP contribution in [0.25, 0.3) is 0 Å². The van der Waals surface area contributed by atoms with Gasteiger partial charge in [-0.1, -0.05) is 0 Å². The Bertz CT molecular complexity index is 253. The number of aromatic nitrogens is 1. The van der Waals surface area contributed by atoms with E-state index in [1.165, 1.54) is 29.9 Å². The van der Waals surface area contributed by atoms with Crippen molar-refractivity contribution in [2.24, 2.45) is 0 Å². The minimum atomic E-state index is 0.590. The van der Waals surface area contributed by atoms with Crippen LogP contribution in [0.5, 0.6) is 0 Å². The van der Waals surface area contributed by atoms with Crippen molar-refractivity contribution in [3.8, 4) is 0 Å². The Morgan fingerprint density at radius 3 is 3.17 bits per heavy atom. The third kappa shape index (κ3) is 1.59. The first-order chi connectivity index (χ1) is 5.86. The Morgan fingerprint density at radius 2 is 2.58 bits per heavy atom. The highest BCUT2D eigenvalue weighted by Gasteiger charge is 2.16. The Balaban J connectivity index is 2.08. The number of thiazole rings is 1. The Labute approximate surface area is 76.0 Å². The van der Waals surface area contributed by atoms with Crippen molar-refractivity contribution < 1.29 is 0 Å². The first-order valence-corrected chi connectivity index (χ1v) is 5.16. The Hall–Kier alpha value is -0.610. The summed E-state index contributed by atoms with van der Waals surface area (Å²) in [7, 11) is 0. The lowest BCUT2D eigenvalue weighted by molar-refractivity contribution is 0.456. The number of nitrogens with one attached hydrogen (secondary N) is 1. The third-order valence-corrected chi connectivity index (χ3v) is 2.95. The molecule has 0 saturated carbocycles. The Kier molecular flexibility index (Phi) is 2.28. The van der Waals surface area contributed by atoms with Gasteiger partial charge in [0.05, 0.1) is 5.69 Å². The molecule has 0 amide bonds. The van der Waals surface area contributed by atoms with Crippen molar-refractivity contribution in [2.45, 2.75) is 18.8 Å². The molecule has 1 aromatic heterocycles. The van der Waals surface area contributed by atoms with Crippen LogP contribution < -0.4 is 11.1 Å². The number of rotatable bonds is 1. The molecular weight excluding hydrogens is 170 g/mol. The van der Waals surface area contributed by atoms with Crippen LogP contribution >= 0.6 is 11.3 Å². The fraction of sp³-hybridized carbons (Fsp3) is 0.625. The van der Waals surface area contributed by atoms with Gasteiger partial charge in [0.1, 0.15) is 0 Å². The van der Waals surface area contributed by atoms with E-state index < -0.39 is 0 Å². The zero-order valence-electron chi connectivity index (χ0n) is 6.92. The quantitative estimate of drug-likeness (QED) is 0.687. The van der Waals surface area contributed by atoms with Gasteiger partial charge in [-0.3, -0.25) is 0 Å². The molecule has 1 atom stereocenters. The molecule has 0 bridgehead atoms. The van der Waals surface area contributed by atoms with Crippen molar-refractivity contribution >= 4 is 16.5 Å². The number of hydrogen-bond acceptors (Lipinski definition) is 4. The minimum absolute atomic E-state index is 0.590. The van der Waals surface area contributed by atoms with Gasteiger partial charge in [-0.25, -0.2) is 4.98 Å². The SMILES string of the molecule is Nc1nc(C2CCCNC2)cs1. The standard InChI is InChI=1S/C8H13N3S/c9-8-11-7(5-12-8)6-2-1-3-10-4-6/h5-6,10H,1-4H2,(H2,9,11). The van der Waals surface area contributed by atoms with Crippen molar-refractivity contribution in [3.63, 3.8) is 0 Å². The van der Waals surface area contributed by atoms with E-state index in [1.807, 2.05) is 0 Å². The molecule has 1 fully saturated rings. The van der Waals surface area contributed by atoms with Gasteiger partial charge in [-0.05, 0) is 19.4 Å². The molecule has 3 N–H and O–H groups in total. The molecule has 0 aromatic carbocycles. The maximum atomic E-state index is 5.57. The number of piperidine rings is 1. The molecule has 1 aromatic rings. The van der Waals surface area contributed by atoms with E-state index in [0.29, 0.717) is 11.0 Å². The van der Waals surface area contributed by atoms with E-state index in [0.717, 1.165) is 13.1 Å². The number of anilines is 1. The number of hydrogen-bond donors (Lipinski definition) is 2. The zero-order chi connectivity index (χ0) is 8.39. The molecule has 4 heteroatoms. The van der Waals surface area contributed by atoms with Gasteiger partial charge in [0.25, 0.3) is 0 Å². The summed E-state index contributed by atoms with van der Waals surface area (Å²) >= 11 is 1.54. The lowest BCUT2D eigenvalue weighted by Gasteiger charge is -2.20. The van der Waals surface area contributed by atoms with Crippen molar-refractivity contribution in [1.82, 2.24) is 10.3 Å². The predicted molar refractivity (Wildman–Crippen MR) is 51.4 cm³/mol. The van der Waals surface area contributed by atoms with Crippen molar-refractivity contribution in [3.05, 3.63) is 11.1 Å². The van der Waals surface area contributed by atoms with Crippen LogP contribution in [-0.4, -0.2) is 18.1 Å². The van der Waals surface area contributed by atoms with E-state index in [1.54, 1.807) is 0 Å². The lowest BCUT2D eigenvalue weighted by Crippen LogP contribution is -2.28. The topological polar surface area (TPSA) is 50.9 Å². The summed E-state index contributed by atoms with van der Waals surface area (Å²) in [4.78, 5) is 4.29. The van der Waals surface area contributed by atoms with Gasteiger partial charge >= 0.3 is 0 Å². The van der Waals surface area contributed by atoms with Crippen molar-refractivity contribution in [2.75, 3.05) is 18.8 Å². The van der Waals surface area contributed by atoms with Crippen LogP contribution in [0, 0.1) is 0 Å². The van der Waals surface area contributed by atoms with Crippen LogP contribution in [0.1, 0.15) is 24.5 Å². The van der Waals surface area contributed by atoms with Gasteiger partial charge < -0.3 is 11.1 Å². The highest BCUT2D eigenvalue weighted by molar-refractivity contribution is 7.13. The maximum Gasteiger partial charge on any atom is 0.180 e. The highest BCUT2D eigenvalue weighted by Crippen LogP contribution is 2.25. The second-order valence-electron chi connectivity index (χ2n) is 3.15. The third-order valence-electron chi connectivity index (χ3n) is 2.25. The average molecular weight is 183 g/mol. The first kappa shape index (κ1) is 8.01. The zero-order valence-corrected chi connectivity index (χ0v) is 7.73. The highest BCUT2D eigenvalue weighted by atomic mass is 32.1. The molecule has 2 heterocycles. The molecule has 1 saturated heterocycles. The van der Waals surface area contributed by atoms with Crippen LogP contribution in [0.3, 0.4) is 0 Å². The predicted octanol–water partition coefficient (Wildman–Crippen LogP) is 1.19. The average Bonchev–Trinajstić information content (AvgIpc) is 2.54. The maximum absolute atomic E-state index is 5.57. The molecule has 1 aliphatic rings. The second kappa shape index (κ2) is 3.41. The van der Waals surface area contributed by atoms with Crippen molar-refractivity contribution in [1.29, 1.82) is 0 Å². The minimum Gasteiger partial charge on any atom is -0.375 e. The summed E-state index contributed by atoms with van der Waals surface area (Å²) < 4.78 is 0. The van der Waals surface area contributed by atoms with E-state index >= 15 is 0 Å². The molecule has 66 valence electrons. The molecule has 12 heavy (non-hydrogen) atoms.